The Hall–Kier alpha value is -0.510. The van der Waals surface area contributed by atoms with Crippen LogP contribution >= 0.6 is 11.8 Å². The first kappa shape index (κ1) is 17.8. The molecular formula is C19H32N2S. The molecule has 0 aliphatic carbocycles. The van der Waals surface area contributed by atoms with Gasteiger partial charge in [0.1, 0.15) is 0 Å². The maximum atomic E-state index is 3.48. The molecule has 1 aromatic rings. The zero-order chi connectivity index (χ0) is 16.0. The largest absolute Gasteiger partial charge is 0.314 e. The summed E-state index contributed by atoms with van der Waals surface area (Å²) in [6, 6.07) is 9.64. The number of piperazine rings is 1. The molecule has 0 radical (unpaired) electrons. The van der Waals surface area contributed by atoms with Crippen molar-refractivity contribution in [3.05, 3.63) is 29.8 Å². The first-order valence-corrected chi connectivity index (χ1v) is 9.55. The molecule has 1 atom stereocenters. The molecule has 0 aromatic heterocycles. The van der Waals surface area contributed by atoms with Crippen LogP contribution in [0.25, 0.3) is 0 Å². The zero-order valence-corrected chi connectivity index (χ0v) is 15.5. The minimum absolute atomic E-state index is 0.259. The fourth-order valence-corrected chi connectivity index (χ4v) is 4.23. The van der Waals surface area contributed by atoms with E-state index in [-0.39, 0.29) is 4.75 Å². The van der Waals surface area contributed by atoms with E-state index in [1.54, 1.807) is 0 Å². The van der Waals surface area contributed by atoms with E-state index in [9.17, 15) is 0 Å². The van der Waals surface area contributed by atoms with Crippen LogP contribution in [0, 0.1) is 0 Å². The molecule has 1 aliphatic rings. The van der Waals surface area contributed by atoms with E-state index in [2.05, 4.69) is 62.2 Å². The number of hydrogen-bond acceptors (Lipinski definition) is 3. The Morgan fingerprint density at radius 1 is 1.18 bits per heavy atom. The number of thioether (sulfide) groups is 1. The van der Waals surface area contributed by atoms with Gasteiger partial charge >= 0.3 is 0 Å². The van der Waals surface area contributed by atoms with Gasteiger partial charge in [-0.1, -0.05) is 58.7 Å². The van der Waals surface area contributed by atoms with Gasteiger partial charge in [0, 0.05) is 41.9 Å². The van der Waals surface area contributed by atoms with Gasteiger partial charge < -0.3 is 5.32 Å². The number of unbranched alkanes of at least 4 members (excludes halogenated alkanes) is 1. The van der Waals surface area contributed by atoms with E-state index in [1.165, 1.54) is 42.8 Å². The predicted molar refractivity (Wildman–Crippen MR) is 98.8 cm³/mol. The predicted octanol–water partition coefficient (Wildman–Crippen LogP) is 4.71. The van der Waals surface area contributed by atoms with E-state index in [1.807, 2.05) is 11.8 Å². The van der Waals surface area contributed by atoms with Gasteiger partial charge in [-0.25, -0.2) is 0 Å². The Balaban J connectivity index is 2.25. The van der Waals surface area contributed by atoms with Crippen molar-refractivity contribution in [2.75, 3.05) is 26.2 Å². The van der Waals surface area contributed by atoms with Gasteiger partial charge in [-0.15, -0.1) is 11.8 Å². The maximum Gasteiger partial charge on any atom is 0.0360 e. The summed E-state index contributed by atoms with van der Waals surface area (Å²) >= 11 is 2.01. The van der Waals surface area contributed by atoms with Crippen molar-refractivity contribution < 1.29 is 0 Å². The van der Waals surface area contributed by atoms with Crippen LogP contribution in [0.5, 0.6) is 0 Å². The fourth-order valence-electron chi connectivity index (χ4n) is 3.10. The number of benzene rings is 1. The third-order valence-corrected chi connectivity index (χ3v) is 5.32. The molecule has 0 unspecified atom stereocenters. The maximum absolute atomic E-state index is 3.48. The third-order valence-electron chi connectivity index (χ3n) is 4.12. The van der Waals surface area contributed by atoms with Crippen molar-refractivity contribution in [1.82, 2.24) is 10.2 Å². The molecule has 2 rings (SSSR count). The molecule has 1 N–H and O–H groups in total. The van der Waals surface area contributed by atoms with Gasteiger partial charge in [0.25, 0.3) is 0 Å². The molecule has 1 fully saturated rings. The average Bonchev–Trinajstić information content (AvgIpc) is 2.49. The zero-order valence-electron chi connectivity index (χ0n) is 14.7. The van der Waals surface area contributed by atoms with Gasteiger partial charge in [-0.2, -0.15) is 0 Å². The highest BCUT2D eigenvalue weighted by Crippen LogP contribution is 2.39. The van der Waals surface area contributed by atoms with Crippen LogP contribution in [0.15, 0.2) is 29.2 Å². The van der Waals surface area contributed by atoms with Gasteiger partial charge in [-0.3, -0.25) is 4.90 Å². The Morgan fingerprint density at radius 3 is 2.50 bits per heavy atom. The summed E-state index contributed by atoms with van der Waals surface area (Å²) in [6.45, 7) is 13.8. The quantitative estimate of drug-likeness (QED) is 0.764. The van der Waals surface area contributed by atoms with Crippen molar-refractivity contribution in [2.24, 2.45) is 0 Å². The molecule has 0 saturated carbocycles. The van der Waals surface area contributed by atoms with Crippen molar-refractivity contribution >= 4 is 11.8 Å². The molecule has 0 bridgehead atoms. The lowest BCUT2D eigenvalue weighted by Gasteiger charge is -2.36. The van der Waals surface area contributed by atoms with Crippen LogP contribution in [-0.4, -0.2) is 35.8 Å². The Labute approximate surface area is 141 Å². The molecule has 22 heavy (non-hydrogen) atoms. The lowest BCUT2D eigenvalue weighted by Crippen LogP contribution is -2.45. The average molecular weight is 321 g/mol. The van der Waals surface area contributed by atoms with Gasteiger partial charge in [-0.05, 0) is 18.1 Å². The van der Waals surface area contributed by atoms with Crippen molar-refractivity contribution in [1.29, 1.82) is 0 Å². The van der Waals surface area contributed by atoms with Crippen LogP contribution in [0.3, 0.4) is 0 Å². The third kappa shape index (κ3) is 5.29. The first-order chi connectivity index (χ1) is 10.5. The van der Waals surface area contributed by atoms with Crippen LogP contribution in [0.2, 0.25) is 0 Å². The molecule has 0 spiro atoms. The topological polar surface area (TPSA) is 15.3 Å². The standard InChI is InChI=1S/C19H32N2S/c1-5-6-10-17(21-14-12-20-13-15-21)16-9-7-8-11-18(16)22-19(2,3)4/h7-9,11,17,20H,5-6,10,12-15H2,1-4H3/t17-/m1/s1. The van der Waals surface area contributed by atoms with E-state index >= 15 is 0 Å². The number of nitrogens with one attached hydrogen (secondary N) is 1. The molecule has 124 valence electrons. The Morgan fingerprint density at radius 2 is 1.86 bits per heavy atom. The second kappa shape index (κ2) is 8.37. The highest BCUT2D eigenvalue weighted by atomic mass is 32.2. The molecule has 1 saturated heterocycles. The van der Waals surface area contributed by atoms with E-state index in [0.29, 0.717) is 6.04 Å². The minimum Gasteiger partial charge on any atom is -0.314 e. The molecular weight excluding hydrogens is 288 g/mol. The van der Waals surface area contributed by atoms with E-state index in [4.69, 9.17) is 0 Å². The van der Waals surface area contributed by atoms with Crippen molar-refractivity contribution in [3.63, 3.8) is 0 Å². The van der Waals surface area contributed by atoms with Crippen LogP contribution in [-0.2, 0) is 0 Å². The SMILES string of the molecule is CCCC[C@H](c1ccccc1SC(C)(C)C)N1CCNCC1. The van der Waals surface area contributed by atoms with Gasteiger partial charge in [0.05, 0.1) is 0 Å². The molecule has 0 amide bonds. The molecule has 3 heteroatoms. The summed E-state index contributed by atoms with van der Waals surface area (Å²) in [6.07, 6.45) is 3.86. The van der Waals surface area contributed by atoms with Gasteiger partial charge in [0.2, 0.25) is 0 Å². The second-order valence-corrected chi connectivity index (χ2v) is 9.06. The van der Waals surface area contributed by atoms with E-state index < -0.39 is 0 Å². The van der Waals surface area contributed by atoms with Crippen LogP contribution in [0.1, 0.15) is 58.6 Å². The number of hydrogen-bond donors (Lipinski definition) is 1. The fraction of sp³-hybridized carbons (Fsp3) is 0.684. The monoisotopic (exact) mass is 320 g/mol. The van der Waals surface area contributed by atoms with E-state index in [0.717, 1.165) is 13.1 Å². The normalized spacial score (nSPS) is 18.4. The van der Waals surface area contributed by atoms with Crippen molar-refractivity contribution in [3.8, 4) is 0 Å². The highest BCUT2D eigenvalue weighted by molar-refractivity contribution is 8.00. The number of rotatable bonds is 6. The first-order valence-electron chi connectivity index (χ1n) is 8.74. The lowest BCUT2D eigenvalue weighted by atomic mass is 9.98. The second-order valence-electron chi connectivity index (χ2n) is 7.20. The molecule has 1 aromatic carbocycles. The summed E-state index contributed by atoms with van der Waals surface area (Å²) in [7, 11) is 0. The Kier molecular flexibility index (Phi) is 6.79. The molecule has 1 heterocycles. The summed E-state index contributed by atoms with van der Waals surface area (Å²) in [5.74, 6) is 0. The highest BCUT2D eigenvalue weighted by Gasteiger charge is 2.25. The summed E-state index contributed by atoms with van der Waals surface area (Å²) in [5, 5.41) is 3.48. The smallest absolute Gasteiger partial charge is 0.0360 e. The molecule has 1 aliphatic heterocycles. The minimum atomic E-state index is 0.259. The van der Waals surface area contributed by atoms with Gasteiger partial charge in [0.15, 0.2) is 0 Å². The summed E-state index contributed by atoms with van der Waals surface area (Å²) in [4.78, 5) is 4.16. The van der Waals surface area contributed by atoms with Crippen molar-refractivity contribution in [2.45, 2.75) is 62.6 Å². The summed E-state index contributed by atoms with van der Waals surface area (Å²) in [5.41, 5.74) is 1.54. The van der Waals surface area contributed by atoms with Crippen LogP contribution in [0.4, 0.5) is 0 Å². The molecule has 2 nitrogen and oxygen atoms in total. The lowest BCUT2D eigenvalue weighted by molar-refractivity contribution is 0.161. The summed E-state index contributed by atoms with van der Waals surface area (Å²) < 4.78 is 0.259. The van der Waals surface area contributed by atoms with Crippen LogP contribution < -0.4 is 5.32 Å². The number of nitrogens with zero attached hydrogens (tertiary/aromatic N) is 1. The Bertz CT molecular complexity index is 447.